The highest BCUT2D eigenvalue weighted by atomic mass is 32.1. The van der Waals surface area contributed by atoms with E-state index in [1.54, 1.807) is 4.52 Å². The Hall–Kier alpha value is -2.28. The smallest absolute Gasteiger partial charge is 0.285 e. The van der Waals surface area contributed by atoms with Crippen molar-refractivity contribution in [3.05, 3.63) is 46.2 Å². The lowest BCUT2D eigenvalue weighted by Gasteiger charge is -2.27. The molecule has 6 nitrogen and oxygen atoms in total. The molecule has 0 N–H and O–H groups in total. The van der Waals surface area contributed by atoms with E-state index in [0.717, 1.165) is 13.0 Å². The molecule has 2 aromatic heterocycles. The van der Waals surface area contributed by atoms with E-state index in [2.05, 4.69) is 27.4 Å². The van der Waals surface area contributed by atoms with Crippen molar-refractivity contribution in [2.45, 2.75) is 19.9 Å². The number of nitrogens with zero attached hydrogens (tertiary/aromatic N) is 5. The average molecular weight is 299 g/mol. The maximum Gasteiger partial charge on any atom is 0.285 e. The SMILES string of the molecule is Cc1nnc2sc(C(=O)N3CCc4ccccc4C3)nn12. The van der Waals surface area contributed by atoms with Crippen LogP contribution >= 0.6 is 11.3 Å². The minimum atomic E-state index is -0.0283. The molecular weight excluding hydrogens is 286 g/mol. The maximum atomic E-state index is 12.6. The molecular formula is C14H13N5OS. The second-order valence-corrected chi connectivity index (χ2v) is 6.05. The largest absolute Gasteiger partial charge is 0.332 e. The summed E-state index contributed by atoms with van der Waals surface area (Å²) in [5, 5.41) is 12.7. The summed E-state index contributed by atoms with van der Waals surface area (Å²) in [5.41, 5.74) is 2.55. The summed E-state index contributed by atoms with van der Waals surface area (Å²) in [6.45, 7) is 3.20. The van der Waals surface area contributed by atoms with Gasteiger partial charge in [0.2, 0.25) is 9.97 Å². The predicted molar refractivity (Wildman–Crippen MR) is 78.3 cm³/mol. The first kappa shape index (κ1) is 12.5. The topological polar surface area (TPSA) is 63.4 Å². The molecule has 1 aromatic carbocycles. The number of aromatic nitrogens is 4. The van der Waals surface area contributed by atoms with Crippen molar-refractivity contribution in [3.63, 3.8) is 0 Å². The van der Waals surface area contributed by atoms with E-state index < -0.39 is 0 Å². The molecule has 3 heterocycles. The number of hydrogen-bond donors (Lipinski definition) is 0. The number of carbonyl (C=O) groups excluding carboxylic acids is 1. The minimum absolute atomic E-state index is 0.0283. The summed E-state index contributed by atoms with van der Waals surface area (Å²) in [6.07, 6.45) is 0.894. The molecule has 0 saturated carbocycles. The first-order chi connectivity index (χ1) is 10.2. The summed E-state index contributed by atoms with van der Waals surface area (Å²) < 4.78 is 1.62. The van der Waals surface area contributed by atoms with Crippen LogP contribution in [-0.2, 0) is 13.0 Å². The van der Waals surface area contributed by atoms with Crippen LogP contribution in [0.15, 0.2) is 24.3 Å². The van der Waals surface area contributed by atoms with Gasteiger partial charge in [-0.2, -0.15) is 4.52 Å². The molecule has 0 saturated heterocycles. The number of aryl methyl sites for hydroxylation is 1. The third-order valence-corrected chi connectivity index (χ3v) is 4.63. The summed E-state index contributed by atoms with van der Waals surface area (Å²) in [6, 6.07) is 8.27. The van der Waals surface area contributed by atoms with Crippen LogP contribution in [0.2, 0.25) is 0 Å². The van der Waals surface area contributed by atoms with E-state index in [0.29, 0.717) is 22.3 Å². The molecule has 0 radical (unpaired) electrons. The van der Waals surface area contributed by atoms with E-state index in [1.165, 1.54) is 22.5 Å². The molecule has 0 atom stereocenters. The first-order valence-corrected chi connectivity index (χ1v) is 7.59. The van der Waals surface area contributed by atoms with Crippen LogP contribution in [0.1, 0.15) is 26.8 Å². The van der Waals surface area contributed by atoms with Crippen molar-refractivity contribution in [2.75, 3.05) is 6.54 Å². The van der Waals surface area contributed by atoms with Crippen LogP contribution in [0.4, 0.5) is 0 Å². The van der Waals surface area contributed by atoms with Crippen molar-refractivity contribution in [1.29, 1.82) is 0 Å². The zero-order chi connectivity index (χ0) is 14.4. The van der Waals surface area contributed by atoms with Crippen molar-refractivity contribution in [3.8, 4) is 0 Å². The molecule has 7 heteroatoms. The molecule has 0 fully saturated rings. The third kappa shape index (κ3) is 2.01. The van der Waals surface area contributed by atoms with Crippen LogP contribution in [0.5, 0.6) is 0 Å². The molecule has 4 rings (SSSR count). The van der Waals surface area contributed by atoms with Gasteiger partial charge in [0.05, 0.1) is 0 Å². The van der Waals surface area contributed by atoms with Gasteiger partial charge in [-0.25, -0.2) is 0 Å². The third-order valence-electron chi connectivity index (χ3n) is 3.75. The molecule has 3 aromatic rings. The zero-order valence-electron chi connectivity index (χ0n) is 11.5. The Kier molecular flexibility index (Phi) is 2.75. The van der Waals surface area contributed by atoms with Gasteiger partial charge < -0.3 is 4.90 Å². The van der Waals surface area contributed by atoms with Crippen molar-refractivity contribution < 1.29 is 4.79 Å². The van der Waals surface area contributed by atoms with Gasteiger partial charge in [-0.1, -0.05) is 35.6 Å². The Bertz CT molecular complexity index is 837. The minimum Gasteiger partial charge on any atom is -0.332 e. The molecule has 21 heavy (non-hydrogen) atoms. The van der Waals surface area contributed by atoms with Crippen LogP contribution in [0.3, 0.4) is 0 Å². The van der Waals surface area contributed by atoms with Crippen molar-refractivity contribution in [2.24, 2.45) is 0 Å². The molecule has 0 aliphatic carbocycles. The van der Waals surface area contributed by atoms with E-state index in [9.17, 15) is 4.79 Å². The van der Waals surface area contributed by atoms with E-state index in [4.69, 9.17) is 0 Å². The van der Waals surface area contributed by atoms with Gasteiger partial charge in [-0.15, -0.1) is 15.3 Å². The maximum absolute atomic E-state index is 12.6. The van der Waals surface area contributed by atoms with Gasteiger partial charge in [-0.3, -0.25) is 4.79 Å². The number of benzene rings is 1. The van der Waals surface area contributed by atoms with Crippen LogP contribution in [0.25, 0.3) is 4.96 Å². The molecule has 0 bridgehead atoms. The average Bonchev–Trinajstić information content (AvgIpc) is 3.08. The Morgan fingerprint density at radius 3 is 2.86 bits per heavy atom. The van der Waals surface area contributed by atoms with Gasteiger partial charge >= 0.3 is 0 Å². The molecule has 0 spiro atoms. The predicted octanol–water partition coefficient (Wildman–Crippen LogP) is 1.69. The summed E-state index contributed by atoms with van der Waals surface area (Å²) in [5.74, 6) is 0.670. The lowest BCUT2D eigenvalue weighted by Crippen LogP contribution is -2.35. The van der Waals surface area contributed by atoms with Gasteiger partial charge in [0.15, 0.2) is 5.82 Å². The van der Waals surface area contributed by atoms with Crippen LogP contribution in [0, 0.1) is 6.92 Å². The fourth-order valence-corrected chi connectivity index (χ4v) is 3.46. The monoisotopic (exact) mass is 299 g/mol. The number of hydrogen-bond acceptors (Lipinski definition) is 5. The zero-order valence-corrected chi connectivity index (χ0v) is 12.3. The normalized spacial score (nSPS) is 14.4. The summed E-state index contributed by atoms with van der Waals surface area (Å²) >= 11 is 1.29. The van der Waals surface area contributed by atoms with Crippen LogP contribution in [-0.4, -0.2) is 37.2 Å². The quantitative estimate of drug-likeness (QED) is 0.686. The highest BCUT2D eigenvalue weighted by molar-refractivity contribution is 7.18. The second kappa shape index (κ2) is 4.63. The highest BCUT2D eigenvalue weighted by Gasteiger charge is 2.25. The first-order valence-electron chi connectivity index (χ1n) is 6.77. The van der Waals surface area contributed by atoms with Crippen LogP contribution < -0.4 is 0 Å². The lowest BCUT2D eigenvalue weighted by molar-refractivity contribution is 0.0733. The highest BCUT2D eigenvalue weighted by Crippen LogP contribution is 2.22. The Labute approximate surface area is 125 Å². The van der Waals surface area contributed by atoms with Crippen molar-refractivity contribution in [1.82, 2.24) is 24.7 Å². The van der Waals surface area contributed by atoms with Gasteiger partial charge in [-0.05, 0) is 24.5 Å². The molecule has 0 unspecified atom stereocenters. The number of fused-ring (bicyclic) bond motifs is 2. The number of carbonyl (C=O) groups is 1. The lowest BCUT2D eigenvalue weighted by atomic mass is 10.00. The number of rotatable bonds is 1. The molecule has 1 aliphatic rings. The van der Waals surface area contributed by atoms with Gasteiger partial charge in [0.1, 0.15) is 0 Å². The second-order valence-electron chi connectivity index (χ2n) is 5.09. The Balaban J connectivity index is 1.63. The molecule has 1 amide bonds. The van der Waals surface area contributed by atoms with Gasteiger partial charge in [0, 0.05) is 13.1 Å². The fourth-order valence-electron chi connectivity index (χ4n) is 2.61. The van der Waals surface area contributed by atoms with Gasteiger partial charge in [0.25, 0.3) is 5.91 Å². The van der Waals surface area contributed by atoms with E-state index in [1.807, 2.05) is 24.0 Å². The molecule has 106 valence electrons. The standard InChI is InChI=1S/C14H13N5OS/c1-9-15-16-14-19(9)17-12(21-14)13(20)18-7-6-10-4-2-3-5-11(10)8-18/h2-5H,6-8H2,1H3. The van der Waals surface area contributed by atoms with E-state index in [-0.39, 0.29) is 5.91 Å². The Morgan fingerprint density at radius 1 is 1.24 bits per heavy atom. The summed E-state index contributed by atoms with van der Waals surface area (Å²) in [4.78, 5) is 15.1. The number of amides is 1. The van der Waals surface area contributed by atoms with E-state index >= 15 is 0 Å². The Morgan fingerprint density at radius 2 is 2.05 bits per heavy atom. The van der Waals surface area contributed by atoms with Crippen molar-refractivity contribution >= 4 is 22.2 Å². The summed E-state index contributed by atoms with van der Waals surface area (Å²) in [7, 11) is 0. The fraction of sp³-hybridized carbons (Fsp3) is 0.286. The molecule has 1 aliphatic heterocycles.